The predicted octanol–water partition coefficient (Wildman–Crippen LogP) is 4.29. The molecule has 6 heteroatoms. The van der Waals surface area contributed by atoms with Crippen LogP contribution in [0.25, 0.3) is 11.4 Å². The lowest BCUT2D eigenvalue weighted by atomic mass is 9.86. The highest BCUT2D eigenvalue weighted by Crippen LogP contribution is 2.33. The van der Waals surface area contributed by atoms with Crippen LogP contribution in [0.4, 0.5) is 0 Å². The van der Waals surface area contributed by atoms with Crippen LogP contribution in [0.1, 0.15) is 37.5 Å². The van der Waals surface area contributed by atoms with Gasteiger partial charge in [0.25, 0.3) is 0 Å². The summed E-state index contributed by atoms with van der Waals surface area (Å²) in [5.74, 6) is 1.62. The Morgan fingerprint density at radius 3 is 2.38 bits per heavy atom. The van der Waals surface area contributed by atoms with Crippen LogP contribution in [0.5, 0.6) is 0 Å². The van der Waals surface area contributed by atoms with E-state index >= 15 is 0 Å². The molecule has 0 amide bonds. The zero-order valence-corrected chi connectivity index (χ0v) is 13.3. The molecular formula is C15H17Cl2N3O. The normalized spacial score (nSPS) is 22.4. The van der Waals surface area contributed by atoms with Crippen LogP contribution in [0, 0.1) is 0 Å². The van der Waals surface area contributed by atoms with Crippen molar-refractivity contribution >= 4 is 23.2 Å². The highest BCUT2D eigenvalue weighted by atomic mass is 35.5. The third-order valence-corrected chi connectivity index (χ3v) is 4.48. The van der Waals surface area contributed by atoms with Crippen LogP contribution in [-0.4, -0.2) is 23.2 Å². The minimum Gasteiger partial charge on any atom is -0.339 e. The lowest BCUT2D eigenvalue weighted by Gasteiger charge is -2.25. The molecule has 1 aromatic carbocycles. The highest BCUT2D eigenvalue weighted by Gasteiger charge is 2.26. The van der Waals surface area contributed by atoms with Gasteiger partial charge in [0, 0.05) is 27.6 Å². The first-order valence-electron chi connectivity index (χ1n) is 7.13. The molecule has 0 unspecified atom stereocenters. The van der Waals surface area contributed by atoms with Gasteiger partial charge >= 0.3 is 0 Å². The minimum absolute atomic E-state index is 0.352. The molecule has 1 N–H and O–H groups in total. The van der Waals surface area contributed by atoms with Crippen molar-refractivity contribution < 1.29 is 4.52 Å². The average molecular weight is 326 g/mol. The molecule has 0 aliphatic heterocycles. The topological polar surface area (TPSA) is 51.0 Å². The zero-order chi connectivity index (χ0) is 14.8. The fourth-order valence-electron chi connectivity index (χ4n) is 2.83. The van der Waals surface area contributed by atoms with Crippen LogP contribution in [0.15, 0.2) is 22.7 Å². The summed E-state index contributed by atoms with van der Waals surface area (Å²) in [6.07, 6.45) is 4.43. The summed E-state index contributed by atoms with van der Waals surface area (Å²) < 4.78 is 5.44. The molecule has 1 fully saturated rings. The van der Waals surface area contributed by atoms with E-state index in [1.165, 1.54) is 0 Å². The number of rotatable bonds is 3. The molecule has 2 aromatic rings. The maximum atomic E-state index is 6.01. The summed E-state index contributed by atoms with van der Waals surface area (Å²) in [4.78, 5) is 4.52. The molecule has 1 saturated carbocycles. The Balaban J connectivity index is 1.77. The van der Waals surface area contributed by atoms with E-state index in [4.69, 9.17) is 27.7 Å². The molecule has 1 aliphatic rings. The molecule has 1 aliphatic carbocycles. The second kappa shape index (κ2) is 6.34. The molecule has 3 rings (SSSR count). The van der Waals surface area contributed by atoms with Gasteiger partial charge in [0.1, 0.15) is 0 Å². The van der Waals surface area contributed by atoms with E-state index in [0.29, 0.717) is 27.8 Å². The van der Waals surface area contributed by atoms with E-state index in [9.17, 15) is 0 Å². The summed E-state index contributed by atoms with van der Waals surface area (Å²) in [7, 11) is 2.01. The number of halogens is 2. The lowest BCUT2D eigenvalue weighted by Crippen LogP contribution is -2.29. The molecular weight excluding hydrogens is 309 g/mol. The number of hydrogen-bond acceptors (Lipinski definition) is 4. The van der Waals surface area contributed by atoms with Crippen LogP contribution >= 0.6 is 23.2 Å². The lowest BCUT2D eigenvalue weighted by molar-refractivity contribution is 0.289. The van der Waals surface area contributed by atoms with E-state index in [2.05, 4.69) is 15.5 Å². The Morgan fingerprint density at radius 1 is 1.10 bits per heavy atom. The largest absolute Gasteiger partial charge is 0.339 e. The second-order valence-electron chi connectivity index (χ2n) is 5.45. The van der Waals surface area contributed by atoms with E-state index in [1.807, 2.05) is 7.05 Å². The Labute approximate surface area is 133 Å². The summed E-state index contributed by atoms with van der Waals surface area (Å²) in [6, 6.07) is 5.88. The van der Waals surface area contributed by atoms with Crippen molar-refractivity contribution in [2.75, 3.05) is 7.05 Å². The van der Waals surface area contributed by atoms with Crippen molar-refractivity contribution in [3.8, 4) is 11.4 Å². The van der Waals surface area contributed by atoms with Crippen LogP contribution < -0.4 is 5.32 Å². The Kier molecular flexibility index (Phi) is 4.48. The van der Waals surface area contributed by atoms with Crippen molar-refractivity contribution in [2.45, 2.75) is 37.6 Å². The van der Waals surface area contributed by atoms with Gasteiger partial charge in [-0.15, -0.1) is 0 Å². The summed E-state index contributed by atoms with van der Waals surface area (Å²) in [5, 5.41) is 8.52. The summed E-state index contributed by atoms with van der Waals surface area (Å²) in [5.41, 5.74) is 0.784. The molecule has 4 nitrogen and oxygen atoms in total. The molecule has 21 heavy (non-hydrogen) atoms. The van der Waals surface area contributed by atoms with Crippen molar-refractivity contribution in [1.29, 1.82) is 0 Å². The third kappa shape index (κ3) is 3.39. The molecule has 0 saturated heterocycles. The first-order valence-corrected chi connectivity index (χ1v) is 7.88. The van der Waals surface area contributed by atoms with E-state index in [-0.39, 0.29) is 0 Å². The Bertz CT molecular complexity index is 601. The first kappa shape index (κ1) is 14.8. The molecule has 0 atom stereocenters. The van der Waals surface area contributed by atoms with E-state index in [0.717, 1.165) is 37.1 Å². The maximum Gasteiger partial charge on any atom is 0.230 e. The maximum absolute atomic E-state index is 6.01. The van der Waals surface area contributed by atoms with Crippen LogP contribution in [-0.2, 0) is 0 Å². The van der Waals surface area contributed by atoms with Gasteiger partial charge < -0.3 is 9.84 Å². The molecule has 0 spiro atoms. The SMILES string of the molecule is CNC1CCC(c2nc(-c3cc(Cl)cc(Cl)c3)no2)CC1. The van der Waals surface area contributed by atoms with Gasteiger partial charge in [-0.05, 0) is 50.9 Å². The third-order valence-electron chi connectivity index (χ3n) is 4.05. The van der Waals surface area contributed by atoms with Gasteiger partial charge in [0.2, 0.25) is 11.7 Å². The monoisotopic (exact) mass is 325 g/mol. The number of benzene rings is 1. The Hall–Kier alpha value is -1.10. The van der Waals surface area contributed by atoms with Crippen LogP contribution in [0.2, 0.25) is 10.0 Å². The fourth-order valence-corrected chi connectivity index (χ4v) is 3.36. The molecule has 1 heterocycles. The second-order valence-corrected chi connectivity index (χ2v) is 6.32. The Morgan fingerprint density at radius 2 is 1.76 bits per heavy atom. The molecule has 1 aromatic heterocycles. The molecule has 0 bridgehead atoms. The first-order chi connectivity index (χ1) is 10.2. The van der Waals surface area contributed by atoms with Crippen LogP contribution in [0.3, 0.4) is 0 Å². The van der Waals surface area contributed by atoms with Gasteiger partial charge in [-0.25, -0.2) is 0 Å². The zero-order valence-electron chi connectivity index (χ0n) is 11.8. The number of hydrogen-bond donors (Lipinski definition) is 1. The van der Waals surface area contributed by atoms with Crippen molar-refractivity contribution in [3.05, 3.63) is 34.1 Å². The fraction of sp³-hybridized carbons (Fsp3) is 0.467. The van der Waals surface area contributed by atoms with Gasteiger partial charge in [-0.2, -0.15) is 4.98 Å². The van der Waals surface area contributed by atoms with Gasteiger partial charge in [-0.3, -0.25) is 0 Å². The van der Waals surface area contributed by atoms with Gasteiger partial charge in [0.05, 0.1) is 0 Å². The molecule has 0 radical (unpaired) electrons. The summed E-state index contributed by atoms with van der Waals surface area (Å²) in [6.45, 7) is 0. The van der Waals surface area contributed by atoms with Gasteiger partial charge in [-0.1, -0.05) is 28.4 Å². The highest BCUT2D eigenvalue weighted by molar-refractivity contribution is 6.35. The number of nitrogens with zero attached hydrogens (tertiary/aromatic N) is 2. The van der Waals surface area contributed by atoms with Crippen molar-refractivity contribution in [2.24, 2.45) is 0 Å². The van der Waals surface area contributed by atoms with Crippen molar-refractivity contribution in [1.82, 2.24) is 15.5 Å². The standard InChI is InChI=1S/C15H17Cl2N3O/c1-18-13-4-2-9(3-5-13)15-19-14(20-21-15)10-6-11(16)8-12(17)7-10/h6-9,13,18H,2-5H2,1H3. The minimum atomic E-state index is 0.352. The van der Waals surface area contributed by atoms with E-state index < -0.39 is 0 Å². The summed E-state index contributed by atoms with van der Waals surface area (Å²) >= 11 is 12.0. The number of nitrogens with one attached hydrogen (secondary N) is 1. The predicted molar refractivity (Wildman–Crippen MR) is 83.8 cm³/mol. The quantitative estimate of drug-likeness (QED) is 0.914. The number of aromatic nitrogens is 2. The molecule has 112 valence electrons. The smallest absolute Gasteiger partial charge is 0.230 e. The van der Waals surface area contributed by atoms with Gasteiger partial charge in [0.15, 0.2) is 0 Å². The van der Waals surface area contributed by atoms with E-state index in [1.54, 1.807) is 18.2 Å². The average Bonchev–Trinajstić information content (AvgIpc) is 2.96. The van der Waals surface area contributed by atoms with Crippen molar-refractivity contribution in [3.63, 3.8) is 0 Å².